The van der Waals surface area contributed by atoms with E-state index in [1.54, 1.807) is 18.3 Å². The van der Waals surface area contributed by atoms with E-state index < -0.39 is 11.7 Å². The quantitative estimate of drug-likeness (QED) is 0.582. The Hall–Kier alpha value is -2.46. The van der Waals surface area contributed by atoms with Gasteiger partial charge in [-0.1, -0.05) is 11.8 Å². The summed E-state index contributed by atoms with van der Waals surface area (Å²) < 4.78 is 45.2. The number of halogens is 3. The van der Waals surface area contributed by atoms with Gasteiger partial charge in [0.15, 0.2) is 5.65 Å². The minimum Gasteiger partial charge on any atom is -0.381 e. The highest BCUT2D eigenvalue weighted by Crippen LogP contribution is 2.40. The van der Waals surface area contributed by atoms with E-state index in [4.69, 9.17) is 4.74 Å². The van der Waals surface area contributed by atoms with Crippen LogP contribution in [0.3, 0.4) is 0 Å². The highest BCUT2D eigenvalue weighted by molar-refractivity contribution is 7.99. The summed E-state index contributed by atoms with van der Waals surface area (Å²) in [5.74, 6) is 0.803. The number of ether oxygens (including phenoxy) is 1. The monoisotopic (exact) mass is 447 g/mol. The fourth-order valence-corrected chi connectivity index (χ4v) is 5.04. The van der Waals surface area contributed by atoms with Crippen LogP contribution in [0, 0.1) is 5.41 Å². The van der Waals surface area contributed by atoms with Gasteiger partial charge in [-0.3, -0.25) is 4.98 Å². The second kappa shape index (κ2) is 7.90. The third-order valence-electron chi connectivity index (χ3n) is 6.00. The Morgan fingerprint density at radius 1 is 1.03 bits per heavy atom. The van der Waals surface area contributed by atoms with Crippen LogP contribution in [-0.4, -0.2) is 46.2 Å². The zero-order valence-electron chi connectivity index (χ0n) is 16.6. The Bertz CT molecular complexity index is 1090. The second-order valence-electron chi connectivity index (χ2n) is 7.98. The molecular weight excluding hydrogens is 427 g/mol. The van der Waals surface area contributed by atoms with Crippen molar-refractivity contribution in [1.29, 1.82) is 0 Å². The minimum absolute atomic E-state index is 0.0528. The van der Waals surface area contributed by atoms with Crippen molar-refractivity contribution in [1.82, 2.24) is 19.9 Å². The first kappa shape index (κ1) is 20.4. The molecule has 0 bridgehead atoms. The molecule has 0 unspecified atom stereocenters. The summed E-state index contributed by atoms with van der Waals surface area (Å²) in [6, 6.07) is 4.77. The Morgan fingerprint density at radius 3 is 2.61 bits per heavy atom. The average molecular weight is 447 g/mol. The number of aromatic nitrogens is 4. The molecule has 0 atom stereocenters. The molecule has 162 valence electrons. The van der Waals surface area contributed by atoms with E-state index in [0.29, 0.717) is 21.6 Å². The maximum atomic E-state index is 13.2. The van der Waals surface area contributed by atoms with Crippen molar-refractivity contribution in [3.8, 4) is 0 Å². The molecule has 6 nitrogen and oxygen atoms in total. The van der Waals surface area contributed by atoms with Gasteiger partial charge in [-0.25, -0.2) is 15.0 Å². The molecule has 2 saturated heterocycles. The smallest absolute Gasteiger partial charge is 0.381 e. The van der Waals surface area contributed by atoms with Crippen molar-refractivity contribution in [2.75, 3.05) is 31.2 Å². The van der Waals surface area contributed by atoms with Gasteiger partial charge in [-0.2, -0.15) is 13.2 Å². The molecule has 31 heavy (non-hydrogen) atoms. The van der Waals surface area contributed by atoms with Crippen LogP contribution >= 0.6 is 11.8 Å². The van der Waals surface area contributed by atoms with Gasteiger partial charge in [-0.15, -0.1) is 0 Å². The normalized spacial score (nSPS) is 18.7. The maximum Gasteiger partial charge on any atom is 0.418 e. The van der Waals surface area contributed by atoms with Crippen molar-refractivity contribution >= 4 is 28.7 Å². The van der Waals surface area contributed by atoms with E-state index in [1.165, 1.54) is 12.3 Å². The van der Waals surface area contributed by atoms with E-state index in [9.17, 15) is 13.2 Å². The van der Waals surface area contributed by atoms with Gasteiger partial charge >= 0.3 is 6.18 Å². The summed E-state index contributed by atoms with van der Waals surface area (Å²) in [7, 11) is 0. The number of hydrogen-bond donors (Lipinski definition) is 0. The summed E-state index contributed by atoms with van der Waals surface area (Å²) >= 11 is 0.938. The number of piperidine rings is 1. The number of hydrogen-bond acceptors (Lipinski definition) is 7. The fraction of sp³-hybridized carbons (Fsp3) is 0.429. The first-order valence-electron chi connectivity index (χ1n) is 10.1. The number of fused-ring (bicyclic) bond motifs is 1. The van der Waals surface area contributed by atoms with Crippen LogP contribution in [0.2, 0.25) is 0 Å². The summed E-state index contributed by atoms with van der Waals surface area (Å²) in [6.07, 6.45) is 2.67. The SMILES string of the molecule is FC(F)(F)c1cnccc1Sc1ccc2nc(N3CCC4(CCOC4)CC3)cnc2n1. The first-order valence-corrected chi connectivity index (χ1v) is 10.9. The molecule has 2 aliphatic heterocycles. The topological polar surface area (TPSA) is 64.0 Å². The molecule has 0 N–H and O–H groups in total. The Morgan fingerprint density at radius 2 is 1.87 bits per heavy atom. The van der Waals surface area contributed by atoms with E-state index in [0.717, 1.165) is 69.3 Å². The molecule has 2 aliphatic rings. The van der Waals surface area contributed by atoms with Gasteiger partial charge in [0, 0.05) is 37.0 Å². The Balaban J connectivity index is 1.34. The van der Waals surface area contributed by atoms with Crippen LogP contribution in [0.25, 0.3) is 11.2 Å². The maximum absolute atomic E-state index is 13.2. The largest absolute Gasteiger partial charge is 0.418 e. The molecule has 3 aromatic rings. The molecule has 1 spiro atoms. The van der Waals surface area contributed by atoms with Gasteiger partial charge in [0.25, 0.3) is 0 Å². The van der Waals surface area contributed by atoms with Gasteiger partial charge in [0.1, 0.15) is 16.4 Å². The standard InChI is InChI=1S/C21H20F3N5OS/c22-21(23,24)14-11-25-7-3-16(14)31-18-2-1-15-19(28-18)26-12-17(27-15)29-8-4-20(5-9-29)6-10-30-13-20/h1-3,7,11-12H,4-6,8-10,13H2. The lowest BCUT2D eigenvalue weighted by molar-refractivity contribution is -0.140. The van der Waals surface area contributed by atoms with Crippen molar-refractivity contribution in [3.05, 3.63) is 42.4 Å². The second-order valence-corrected chi connectivity index (χ2v) is 9.04. The molecule has 0 amide bonds. The average Bonchev–Trinajstić information content (AvgIpc) is 3.21. The third kappa shape index (κ3) is 4.18. The van der Waals surface area contributed by atoms with Gasteiger partial charge in [0.2, 0.25) is 0 Å². The Kier molecular flexibility index (Phi) is 5.21. The number of pyridine rings is 2. The molecular formula is C21H20F3N5OS. The van der Waals surface area contributed by atoms with Crippen LogP contribution in [0.5, 0.6) is 0 Å². The van der Waals surface area contributed by atoms with E-state index in [-0.39, 0.29) is 4.90 Å². The van der Waals surface area contributed by atoms with Crippen molar-refractivity contribution in [2.45, 2.75) is 35.4 Å². The van der Waals surface area contributed by atoms with Gasteiger partial charge in [0.05, 0.1) is 18.4 Å². The van der Waals surface area contributed by atoms with Crippen LogP contribution in [0.1, 0.15) is 24.8 Å². The van der Waals surface area contributed by atoms with Crippen molar-refractivity contribution < 1.29 is 17.9 Å². The first-order chi connectivity index (χ1) is 14.9. The van der Waals surface area contributed by atoms with Gasteiger partial charge in [-0.05, 0) is 42.9 Å². The molecule has 3 aromatic heterocycles. The predicted octanol–water partition coefficient (Wildman–Crippen LogP) is 4.60. The zero-order valence-corrected chi connectivity index (χ0v) is 17.4. The van der Waals surface area contributed by atoms with Crippen LogP contribution in [0.4, 0.5) is 19.0 Å². The molecule has 5 heterocycles. The highest BCUT2D eigenvalue weighted by Gasteiger charge is 2.38. The van der Waals surface area contributed by atoms with Crippen LogP contribution < -0.4 is 4.90 Å². The summed E-state index contributed by atoms with van der Waals surface area (Å²) in [5, 5.41) is 0.424. The summed E-state index contributed by atoms with van der Waals surface area (Å²) in [5.41, 5.74) is 0.571. The number of alkyl halides is 3. The molecule has 10 heteroatoms. The molecule has 0 aliphatic carbocycles. The molecule has 0 radical (unpaired) electrons. The lowest BCUT2D eigenvalue weighted by Gasteiger charge is -2.38. The lowest BCUT2D eigenvalue weighted by Crippen LogP contribution is -2.40. The molecule has 2 fully saturated rings. The van der Waals surface area contributed by atoms with E-state index >= 15 is 0 Å². The number of nitrogens with zero attached hydrogens (tertiary/aromatic N) is 5. The minimum atomic E-state index is -4.47. The van der Waals surface area contributed by atoms with Crippen molar-refractivity contribution in [2.24, 2.45) is 5.41 Å². The summed E-state index contributed by atoms with van der Waals surface area (Å²) in [6.45, 7) is 3.52. The van der Waals surface area contributed by atoms with Crippen LogP contribution in [0.15, 0.2) is 46.7 Å². The van der Waals surface area contributed by atoms with Crippen molar-refractivity contribution in [3.63, 3.8) is 0 Å². The molecule has 5 rings (SSSR count). The zero-order chi connectivity index (χ0) is 21.5. The van der Waals surface area contributed by atoms with E-state index in [1.807, 2.05) is 0 Å². The lowest BCUT2D eigenvalue weighted by atomic mass is 9.78. The molecule has 0 aromatic carbocycles. The summed E-state index contributed by atoms with van der Waals surface area (Å²) in [4.78, 5) is 19.4. The predicted molar refractivity (Wildman–Crippen MR) is 110 cm³/mol. The number of anilines is 1. The van der Waals surface area contributed by atoms with Crippen LogP contribution in [-0.2, 0) is 10.9 Å². The van der Waals surface area contributed by atoms with Gasteiger partial charge < -0.3 is 9.64 Å². The highest BCUT2D eigenvalue weighted by atomic mass is 32.2. The van der Waals surface area contributed by atoms with E-state index in [2.05, 4.69) is 24.8 Å². The molecule has 0 saturated carbocycles. The Labute approximate surface area is 181 Å². The third-order valence-corrected chi connectivity index (χ3v) is 7.01. The fourth-order valence-electron chi connectivity index (χ4n) is 4.14. The number of rotatable bonds is 3.